The molecular weight excluding hydrogens is 229 g/mol. The molecule has 0 aliphatic heterocycles. The lowest BCUT2D eigenvalue weighted by Gasteiger charge is -2.00. The highest BCUT2D eigenvalue weighted by molar-refractivity contribution is 5.82. The Morgan fingerprint density at radius 3 is 2.83 bits per heavy atom. The molecule has 0 atom stereocenters. The first-order chi connectivity index (χ1) is 8.63. The van der Waals surface area contributed by atoms with Gasteiger partial charge >= 0.3 is 0 Å². The molecule has 3 nitrogen and oxygen atoms in total. The van der Waals surface area contributed by atoms with Crippen LogP contribution in [0.25, 0.3) is 22.4 Å². The fourth-order valence-corrected chi connectivity index (χ4v) is 1.98. The maximum atomic E-state index is 13.8. The van der Waals surface area contributed by atoms with Gasteiger partial charge in [-0.15, -0.1) is 0 Å². The van der Waals surface area contributed by atoms with Crippen LogP contribution >= 0.6 is 0 Å². The Labute approximate surface area is 103 Å². The molecule has 0 saturated heterocycles. The molecule has 0 unspecified atom stereocenters. The Hall–Kier alpha value is -2.36. The van der Waals surface area contributed by atoms with Crippen molar-refractivity contribution in [1.82, 2.24) is 9.97 Å². The Balaban J connectivity index is 2.22. The number of aryl methyl sites for hydroxylation is 1. The van der Waals surface area contributed by atoms with Gasteiger partial charge in [0.2, 0.25) is 0 Å². The number of benzene rings is 2. The van der Waals surface area contributed by atoms with Gasteiger partial charge in [0.15, 0.2) is 0 Å². The molecule has 90 valence electrons. The molecule has 3 rings (SSSR count). The highest BCUT2D eigenvalue weighted by atomic mass is 19.1. The van der Waals surface area contributed by atoms with Crippen molar-refractivity contribution in [2.24, 2.45) is 0 Å². The van der Waals surface area contributed by atoms with Gasteiger partial charge in [0.25, 0.3) is 0 Å². The van der Waals surface area contributed by atoms with Crippen molar-refractivity contribution >= 4 is 16.7 Å². The number of nitrogens with one attached hydrogen (secondary N) is 1. The van der Waals surface area contributed by atoms with Crippen molar-refractivity contribution in [1.29, 1.82) is 0 Å². The molecule has 0 amide bonds. The Kier molecular flexibility index (Phi) is 2.30. The van der Waals surface area contributed by atoms with Gasteiger partial charge in [0.05, 0.1) is 16.6 Å². The number of rotatable bonds is 1. The zero-order valence-corrected chi connectivity index (χ0v) is 9.87. The summed E-state index contributed by atoms with van der Waals surface area (Å²) in [4.78, 5) is 7.46. The molecule has 2 aromatic carbocycles. The number of hydrogen-bond donors (Lipinski definition) is 2. The highest BCUT2D eigenvalue weighted by Gasteiger charge is 2.10. The van der Waals surface area contributed by atoms with E-state index in [0.717, 1.165) is 16.6 Å². The first-order valence-corrected chi connectivity index (χ1v) is 5.65. The number of nitrogens with two attached hydrogens (primary N) is 1. The normalized spacial score (nSPS) is 11.0. The largest absolute Gasteiger partial charge is 0.399 e. The van der Waals surface area contributed by atoms with E-state index in [0.29, 0.717) is 17.1 Å². The molecule has 0 aliphatic carbocycles. The van der Waals surface area contributed by atoms with Gasteiger partial charge in [0.1, 0.15) is 11.6 Å². The van der Waals surface area contributed by atoms with Gasteiger partial charge in [-0.2, -0.15) is 0 Å². The van der Waals surface area contributed by atoms with Crippen LogP contribution in [0, 0.1) is 12.7 Å². The molecule has 0 fully saturated rings. The second kappa shape index (κ2) is 3.84. The predicted octanol–water partition coefficient (Wildman–Crippen LogP) is 3.26. The molecule has 0 spiro atoms. The molecule has 1 aromatic heterocycles. The van der Waals surface area contributed by atoms with Crippen LogP contribution in [0.15, 0.2) is 36.4 Å². The van der Waals surface area contributed by atoms with Gasteiger partial charge < -0.3 is 10.7 Å². The maximum Gasteiger partial charge on any atom is 0.141 e. The fraction of sp³-hybridized carbons (Fsp3) is 0.0714. The lowest BCUT2D eigenvalue weighted by Crippen LogP contribution is -1.87. The number of aromatic nitrogens is 2. The minimum absolute atomic E-state index is 0.285. The van der Waals surface area contributed by atoms with E-state index in [1.807, 2.05) is 13.0 Å². The van der Waals surface area contributed by atoms with Crippen molar-refractivity contribution < 1.29 is 4.39 Å². The third-order valence-electron chi connectivity index (χ3n) is 2.88. The average Bonchev–Trinajstić information content (AvgIpc) is 2.74. The molecule has 0 bridgehead atoms. The van der Waals surface area contributed by atoms with Crippen LogP contribution in [0.3, 0.4) is 0 Å². The SMILES string of the molecule is Cc1ccc(F)c(-c2nc3ccc(N)cc3[nH]2)c1. The third-order valence-corrected chi connectivity index (χ3v) is 2.88. The fourth-order valence-electron chi connectivity index (χ4n) is 1.98. The number of nitrogen functional groups attached to an aromatic ring is 1. The number of aromatic amines is 1. The van der Waals surface area contributed by atoms with E-state index >= 15 is 0 Å². The number of fused-ring (bicyclic) bond motifs is 1. The summed E-state index contributed by atoms with van der Waals surface area (Å²) >= 11 is 0. The summed E-state index contributed by atoms with van der Waals surface area (Å²) in [5.41, 5.74) is 9.42. The molecular formula is C14H12FN3. The monoisotopic (exact) mass is 241 g/mol. The number of halogens is 1. The van der Waals surface area contributed by atoms with Crippen LogP contribution in [0.4, 0.5) is 10.1 Å². The van der Waals surface area contributed by atoms with Gasteiger partial charge in [-0.05, 0) is 37.3 Å². The Bertz CT molecular complexity index is 731. The number of H-pyrrole nitrogens is 1. The van der Waals surface area contributed by atoms with E-state index in [1.54, 1.807) is 24.3 Å². The number of anilines is 1. The summed E-state index contributed by atoms with van der Waals surface area (Å²) in [5, 5.41) is 0. The molecule has 3 N–H and O–H groups in total. The van der Waals surface area contributed by atoms with E-state index in [4.69, 9.17) is 5.73 Å². The lowest BCUT2D eigenvalue weighted by molar-refractivity contribution is 0.630. The molecule has 0 saturated carbocycles. The Morgan fingerprint density at radius 2 is 2.00 bits per heavy atom. The van der Waals surface area contributed by atoms with Crippen LogP contribution in [-0.2, 0) is 0 Å². The lowest BCUT2D eigenvalue weighted by atomic mass is 10.1. The standard InChI is InChI=1S/C14H12FN3/c1-8-2-4-11(15)10(6-8)14-17-12-5-3-9(16)7-13(12)18-14/h2-7H,16H2,1H3,(H,17,18). The van der Waals surface area contributed by atoms with Gasteiger partial charge in [-0.1, -0.05) is 11.6 Å². The quantitative estimate of drug-likeness (QED) is 0.642. The molecule has 0 aliphatic rings. The van der Waals surface area contributed by atoms with E-state index in [9.17, 15) is 4.39 Å². The summed E-state index contributed by atoms with van der Waals surface area (Å²) in [5.74, 6) is 0.240. The zero-order chi connectivity index (χ0) is 12.7. The molecule has 18 heavy (non-hydrogen) atoms. The van der Waals surface area contributed by atoms with Gasteiger partial charge in [-0.25, -0.2) is 9.37 Å². The molecule has 1 heterocycles. The van der Waals surface area contributed by atoms with Gasteiger partial charge in [0, 0.05) is 5.69 Å². The van der Waals surface area contributed by atoms with Crippen LogP contribution < -0.4 is 5.73 Å². The van der Waals surface area contributed by atoms with Gasteiger partial charge in [-0.3, -0.25) is 0 Å². The first-order valence-electron chi connectivity index (χ1n) is 5.65. The van der Waals surface area contributed by atoms with Crippen molar-refractivity contribution in [2.45, 2.75) is 6.92 Å². The maximum absolute atomic E-state index is 13.8. The van der Waals surface area contributed by atoms with Crippen LogP contribution in [0.1, 0.15) is 5.56 Å². The van der Waals surface area contributed by atoms with Crippen molar-refractivity contribution in [3.63, 3.8) is 0 Å². The van der Waals surface area contributed by atoms with Crippen molar-refractivity contribution in [3.05, 3.63) is 47.8 Å². The summed E-state index contributed by atoms with van der Waals surface area (Å²) < 4.78 is 13.8. The smallest absolute Gasteiger partial charge is 0.141 e. The van der Waals surface area contributed by atoms with Crippen molar-refractivity contribution in [2.75, 3.05) is 5.73 Å². The minimum atomic E-state index is -0.285. The highest BCUT2D eigenvalue weighted by Crippen LogP contribution is 2.24. The van der Waals surface area contributed by atoms with E-state index in [1.165, 1.54) is 6.07 Å². The number of imidazole rings is 1. The summed E-state index contributed by atoms with van der Waals surface area (Å²) in [7, 11) is 0. The van der Waals surface area contributed by atoms with Crippen LogP contribution in [0.2, 0.25) is 0 Å². The van der Waals surface area contributed by atoms with E-state index < -0.39 is 0 Å². The zero-order valence-electron chi connectivity index (χ0n) is 9.87. The van der Waals surface area contributed by atoms with E-state index in [-0.39, 0.29) is 5.82 Å². The summed E-state index contributed by atoms with van der Waals surface area (Å²) in [6, 6.07) is 10.3. The summed E-state index contributed by atoms with van der Waals surface area (Å²) in [6.45, 7) is 1.92. The first kappa shape index (κ1) is 10.8. The Morgan fingerprint density at radius 1 is 1.17 bits per heavy atom. The predicted molar refractivity (Wildman–Crippen MR) is 70.6 cm³/mol. The number of nitrogens with zero attached hydrogens (tertiary/aromatic N) is 1. The molecule has 0 radical (unpaired) electrons. The molecule has 4 heteroatoms. The third kappa shape index (κ3) is 1.72. The molecule has 3 aromatic rings. The van der Waals surface area contributed by atoms with Crippen LogP contribution in [-0.4, -0.2) is 9.97 Å². The second-order valence-corrected chi connectivity index (χ2v) is 4.35. The average molecular weight is 241 g/mol. The second-order valence-electron chi connectivity index (χ2n) is 4.35. The van der Waals surface area contributed by atoms with E-state index in [2.05, 4.69) is 9.97 Å². The number of hydrogen-bond acceptors (Lipinski definition) is 2. The van der Waals surface area contributed by atoms with Crippen molar-refractivity contribution in [3.8, 4) is 11.4 Å². The minimum Gasteiger partial charge on any atom is -0.399 e. The van der Waals surface area contributed by atoms with Crippen LogP contribution in [0.5, 0.6) is 0 Å². The topological polar surface area (TPSA) is 54.7 Å². The summed E-state index contributed by atoms with van der Waals surface area (Å²) in [6.07, 6.45) is 0.